The first-order chi connectivity index (χ1) is 9.74. The van der Waals surface area contributed by atoms with Crippen molar-refractivity contribution in [1.82, 2.24) is 5.32 Å². The summed E-state index contributed by atoms with van der Waals surface area (Å²) in [7, 11) is 1.59. The van der Waals surface area contributed by atoms with Gasteiger partial charge in [-0.05, 0) is 24.6 Å². The van der Waals surface area contributed by atoms with Gasteiger partial charge in [-0.15, -0.1) is 11.6 Å². The Morgan fingerprint density at radius 3 is 2.85 bits per heavy atom. The summed E-state index contributed by atoms with van der Waals surface area (Å²) in [5.41, 5.74) is 0.532. The fourth-order valence-electron chi connectivity index (χ4n) is 1.98. The summed E-state index contributed by atoms with van der Waals surface area (Å²) in [6.45, 7) is 1.46. The Labute approximate surface area is 123 Å². The van der Waals surface area contributed by atoms with Gasteiger partial charge < -0.3 is 19.5 Å². The number of fused-ring (bicyclic) bond motifs is 1. The summed E-state index contributed by atoms with van der Waals surface area (Å²) >= 11 is 5.71. The summed E-state index contributed by atoms with van der Waals surface area (Å²) < 4.78 is 16.0. The van der Waals surface area contributed by atoms with Crippen molar-refractivity contribution in [3.05, 3.63) is 23.8 Å². The predicted molar refractivity (Wildman–Crippen MR) is 75.9 cm³/mol. The van der Waals surface area contributed by atoms with Gasteiger partial charge in [0.1, 0.15) is 13.2 Å². The Morgan fingerprint density at radius 2 is 2.15 bits per heavy atom. The molecule has 1 unspecified atom stereocenters. The van der Waals surface area contributed by atoms with Gasteiger partial charge in [0.2, 0.25) is 0 Å². The molecule has 1 heterocycles. The van der Waals surface area contributed by atoms with E-state index < -0.39 is 0 Å². The van der Waals surface area contributed by atoms with Crippen LogP contribution >= 0.6 is 11.6 Å². The fourth-order valence-corrected chi connectivity index (χ4v) is 2.25. The van der Waals surface area contributed by atoms with Gasteiger partial charge >= 0.3 is 0 Å². The summed E-state index contributed by atoms with van der Waals surface area (Å²) in [6, 6.07) is 5.05. The number of ether oxygens (including phenoxy) is 3. The van der Waals surface area contributed by atoms with Crippen LogP contribution in [0.3, 0.4) is 0 Å². The van der Waals surface area contributed by atoms with E-state index in [1.165, 1.54) is 0 Å². The van der Waals surface area contributed by atoms with Gasteiger partial charge in [0.05, 0.1) is 12.6 Å². The Bertz CT molecular complexity index is 460. The number of nitrogens with one attached hydrogen (secondary N) is 1. The van der Waals surface area contributed by atoms with Crippen LogP contribution in [0.4, 0.5) is 0 Å². The average molecular weight is 300 g/mol. The van der Waals surface area contributed by atoms with Crippen LogP contribution in [0.5, 0.6) is 11.5 Å². The smallest absolute Gasteiger partial charge is 0.251 e. The van der Waals surface area contributed by atoms with Crippen LogP contribution < -0.4 is 14.8 Å². The molecular formula is C14H18ClNO4. The highest BCUT2D eigenvalue weighted by molar-refractivity contribution is 6.17. The molecule has 2 rings (SSSR count). The van der Waals surface area contributed by atoms with E-state index in [1.807, 2.05) is 0 Å². The number of alkyl halides is 1. The zero-order valence-corrected chi connectivity index (χ0v) is 12.1. The highest BCUT2D eigenvalue weighted by atomic mass is 35.5. The van der Waals surface area contributed by atoms with Crippen molar-refractivity contribution in [2.75, 3.05) is 32.8 Å². The maximum atomic E-state index is 12.2. The molecule has 1 aliphatic rings. The lowest BCUT2D eigenvalue weighted by Crippen LogP contribution is -2.38. The Morgan fingerprint density at radius 1 is 1.40 bits per heavy atom. The number of methoxy groups -OCH3 is 1. The molecule has 0 aromatic heterocycles. The molecule has 1 aromatic carbocycles. The number of hydrogen-bond acceptors (Lipinski definition) is 4. The quantitative estimate of drug-likeness (QED) is 0.814. The first-order valence-corrected chi connectivity index (χ1v) is 7.03. The van der Waals surface area contributed by atoms with Gasteiger partial charge in [0.15, 0.2) is 11.5 Å². The van der Waals surface area contributed by atoms with Crippen LogP contribution in [-0.4, -0.2) is 44.8 Å². The highest BCUT2D eigenvalue weighted by Gasteiger charge is 2.17. The van der Waals surface area contributed by atoms with Crippen molar-refractivity contribution in [1.29, 1.82) is 0 Å². The lowest BCUT2D eigenvalue weighted by atomic mass is 10.1. The number of hydrogen-bond donors (Lipinski definition) is 1. The molecule has 0 fully saturated rings. The molecule has 1 atom stereocenters. The zero-order valence-electron chi connectivity index (χ0n) is 11.4. The van der Waals surface area contributed by atoms with E-state index >= 15 is 0 Å². The van der Waals surface area contributed by atoms with Crippen molar-refractivity contribution >= 4 is 17.5 Å². The number of halogens is 1. The van der Waals surface area contributed by atoms with Gasteiger partial charge in [-0.1, -0.05) is 0 Å². The largest absolute Gasteiger partial charge is 0.486 e. The molecule has 5 nitrogen and oxygen atoms in total. The number of carbonyl (C=O) groups is 1. The first-order valence-electron chi connectivity index (χ1n) is 6.50. The normalized spacial score (nSPS) is 14.7. The third-order valence-electron chi connectivity index (χ3n) is 2.97. The summed E-state index contributed by atoms with van der Waals surface area (Å²) in [6.07, 6.45) is 0.658. The molecule has 1 N–H and O–H groups in total. The molecule has 0 radical (unpaired) electrons. The SMILES string of the molecule is COCC(CCCl)NC(=O)c1ccc2c(c1)OCCO2. The second-order valence-corrected chi connectivity index (χ2v) is 4.84. The van der Waals surface area contributed by atoms with Crippen LogP contribution in [0, 0.1) is 0 Å². The maximum Gasteiger partial charge on any atom is 0.251 e. The lowest BCUT2D eigenvalue weighted by molar-refractivity contribution is 0.0894. The van der Waals surface area contributed by atoms with Crippen molar-refractivity contribution in [3.8, 4) is 11.5 Å². The van der Waals surface area contributed by atoms with Gasteiger partial charge in [0.25, 0.3) is 5.91 Å². The van der Waals surface area contributed by atoms with Gasteiger partial charge in [-0.3, -0.25) is 4.79 Å². The molecule has 1 amide bonds. The molecule has 110 valence electrons. The molecule has 20 heavy (non-hydrogen) atoms. The van der Waals surface area contributed by atoms with E-state index in [4.69, 9.17) is 25.8 Å². The van der Waals surface area contributed by atoms with E-state index in [0.717, 1.165) is 0 Å². The van der Waals surface area contributed by atoms with E-state index in [1.54, 1.807) is 25.3 Å². The van der Waals surface area contributed by atoms with E-state index in [9.17, 15) is 4.79 Å². The highest BCUT2D eigenvalue weighted by Crippen LogP contribution is 2.30. The van der Waals surface area contributed by atoms with Crippen molar-refractivity contribution < 1.29 is 19.0 Å². The van der Waals surface area contributed by atoms with E-state index in [2.05, 4.69) is 5.32 Å². The van der Waals surface area contributed by atoms with Gasteiger partial charge in [0, 0.05) is 18.6 Å². The number of amides is 1. The first kappa shape index (κ1) is 14.9. The molecule has 6 heteroatoms. The Hall–Kier alpha value is -1.46. The Kier molecular flexibility index (Phi) is 5.49. The topological polar surface area (TPSA) is 56.8 Å². The van der Waals surface area contributed by atoms with Crippen molar-refractivity contribution in [2.24, 2.45) is 0 Å². The molecule has 0 saturated carbocycles. The van der Waals surface area contributed by atoms with E-state index in [0.29, 0.717) is 49.2 Å². The fraction of sp³-hybridized carbons (Fsp3) is 0.500. The summed E-state index contributed by atoms with van der Waals surface area (Å²) in [5, 5.41) is 2.90. The standard InChI is InChI=1S/C14H18ClNO4/c1-18-9-11(4-5-15)16-14(17)10-2-3-12-13(8-10)20-7-6-19-12/h2-3,8,11H,4-7,9H2,1H3,(H,16,17). The summed E-state index contributed by atoms with van der Waals surface area (Å²) in [4.78, 5) is 12.2. The summed E-state index contributed by atoms with van der Waals surface area (Å²) in [5.74, 6) is 1.57. The number of benzene rings is 1. The van der Waals surface area contributed by atoms with Crippen LogP contribution in [0.2, 0.25) is 0 Å². The minimum atomic E-state index is -0.172. The number of rotatable bonds is 6. The van der Waals surface area contributed by atoms with Crippen molar-refractivity contribution in [3.63, 3.8) is 0 Å². The molecule has 1 aromatic rings. The minimum Gasteiger partial charge on any atom is -0.486 e. The molecule has 0 saturated heterocycles. The molecular weight excluding hydrogens is 282 g/mol. The monoisotopic (exact) mass is 299 g/mol. The van der Waals surface area contributed by atoms with Crippen molar-refractivity contribution in [2.45, 2.75) is 12.5 Å². The molecule has 0 aliphatic carbocycles. The third kappa shape index (κ3) is 3.77. The van der Waals surface area contributed by atoms with Gasteiger partial charge in [-0.25, -0.2) is 0 Å². The Balaban J connectivity index is 2.04. The average Bonchev–Trinajstić information content (AvgIpc) is 2.47. The second kappa shape index (κ2) is 7.36. The number of carbonyl (C=O) groups excluding carboxylic acids is 1. The van der Waals surface area contributed by atoms with Crippen LogP contribution in [-0.2, 0) is 4.74 Å². The lowest BCUT2D eigenvalue weighted by Gasteiger charge is -2.20. The predicted octanol–water partition coefficient (Wildman–Crippen LogP) is 1.83. The molecule has 1 aliphatic heterocycles. The third-order valence-corrected chi connectivity index (χ3v) is 3.18. The van der Waals surface area contributed by atoms with E-state index in [-0.39, 0.29) is 11.9 Å². The van der Waals surface area contributed by atoms with Crippen LogP contribution in [0.15, 0.2) is 18.2 Å². The second-order valence-electron chi connectivity index (χ2n) is 4.46. The molecule has 0 spiro atoms. The van der Waals surface area contributed by atoms with Gasteiger partial charge in [-0.2, -0.15) is 0 Å². The maximum absolute atomic E-state index is 12.2. The molecule has 0 bridgehead atoms. The minimum absolute atomic E-state index is 0.0989. The van der Waals surface area contributed by atoms with Crippen LogP contribution in [0.25, 0.3) is 0 Å². The van der Waals surface area contributed by atoms with Crippen LogP contribution in [0.1, 0.15) is 16.8 Å². The zero-order chi connectivity index (χ0) is 14.4.